The summed E-state index contributed by atoms with van der Waals surface area (Å²) < 4.78 is 22.3. The summed E-state index contributed by atoms with van der Waals surface area (Å²) in [7, 11) is 0. The van der Waals surface area contributed by atoms with Gasteiger partial charge in [0.05, 0.1) is 0 Å². The number of hydrogen-bond donors (Lipinski definition) is 1. The van der Waals surface area contributed by atoms with Crippen molar-refractivity contribution in [1.29, 1.82) is 0 Å². The standard InChI is InChI=1S/C48H38Cl2N6O8/c49-32-13-15-35-39(26-32)62-23-7-5-20-52-29-55(41(35)30-9-2-1-3-10-30)54-22-18-38(58)46(44(54)48(52)61)64-34-12-8-11-31(25-34)42-36-16-14-33(50)27-40(36)63-24-6-4-19-51-28-56(42)53-21-17-37(57)45(59)43(53)47(51)60/h1-18,21-22,25-27,41-42,59H,19-20,23-24,28-29H2/b6-4-,7-5-/t41-,42+/m0/s1. The first-order valence-electron chi connectivity index (χ1n) is 20.4. The van der Waals surface area contributed by atoms with E-state index in [1.54, 1.807) is 70.4 Å². The molecule has 0 spiro atoms. The normalized spacial score (nSPS) is 19.0. The van der Waals surface area contributed by atoms with Gasteiger partial charge < -0.3 is 29.1 Å². The molecular formula is C48H38Cl2N6O8. The van der Waals surface area contributed by atoms with Crippen molar-refractivity contribution < 1.29 is 28.9 Å². The Hall–Kier alpha value is -7.42. The molecule has 16 heteroatoms. The van der Waals surface area contributed by atoms with Crippen LogP contribution in [0.1, 0.15) is 55.3 Å². The first-order chi connectivity index (χ1) is 31.1. The highest BCUT2D eigenvalue weighted by molar-refractivity contribution is 6.31. The minimum Gasteiger partial charge on any atom is -0.502 e. The number of ether oxygens (including phenoxy) is 3. The molecule has 0 fully saturated rings. The molecule has 4 aliphatic heterocycles. The number of aromatic hydroxyl groups is 1. The van der Waals surface area contributed by atoms with Crippen molar-refractivity contribution >= 4 is 35.0 Å². The highest BCUT2D eigenvalue weighted by Gasteiger charge is 2.40. The number of rotatable bonds is 4. The molecule has 322 valence electrons. The molecule has 10 rings (SSSR count). The second-order valence-electron chi connectivity index (χ2n) is 15.5. The molecule has 0 saturated heterocycles. The average molecular weight is 898 g/mol. The van der Waals surface area contributed by atoms with Crippen molar-refractivity contribution in [3.05, 3.63) is 204 Å². The zero-order valence-electron chi connectivity index (χ0n) is 33.9. The third-order valence-corrected chi connectivity index (χ3v) is 12.0. The Labute approximate surface area is 376 Å². The Kier molecular flexibility index (Phi) is 10.6. The van der Waals surface area contributed by atoms with E-state index in [1.807, 2.05) is 70.7 Å². The first-order valence-corrected chi connectivity index (χ1v) is 21.2. The number of pyridine rings is 2. The number of fused-ring (bicyclic) bond motifs is 10. The Bertz CT molecular complexity index is 3030. The summed E-state index contributed by atoms with van der Waals surface area (Å²) in [5.41, 5.74) is 1.53. The van der Waals surface area contributed by atoms with Crippen LogP contribution >= 0.6 is 23.2 Å². The molecule has 0 radical (unpaired) electrons. The van der Waals surface area contributed by atoms with Crippen molar-refractivity contribution in [2.45, 2.75) is 12.1 Å². The molecule has 4 aromatic carbocycles. The van der Waals surface area contributed by atoms with Gasteiger partial charge >= 0.3 is 0 Å². The quantitative estimate of drug-likeness (QED) is 0.184. The van der Waals surface area contributed by atoms with Gasteiger partial charge in [-0.1, -0.05) is 90.0 Å². The van der Waals surface area contributed by atoms with Crippen LogP contribution in [0.5, 0.6) is 28.7 Å². The van der Waals surface area contributed by atoms with Crippen LogP contribution in [-0.2, 0) is 0 Å². The topological polar surface area (TPSA) is 139 Å². The molecule has 0 aliphatic carbocycles. The van der Waals surface area contributed by atoms with E-state index >= 15 is 0 Å². The van der Waals surface area contributed by atoms with Crippen molar-refractivity contribution in [1.82, 2.24) is 19.2 Å². The largest absolute Gasteiger partial charge is 0.502 e. The summed E-state index contributed by atoms with van der Waals surface area (Å²) >= 11 is 13.0. The van der Waals surface area contributed by atoms with E-state index in [4.69, 9.17) is 37.4 Å². The number of benzene rings is 4. The molecule has 6 aromatic rings. The van der Waals surface area contributed by atoms with Crippen molar-refractivity contribution in [2.75, 3.05) is 49.7 Å². The minimum atomic E-state index is -0.771. The molecule has 6 heterocycles. The third-order valence-electron chi connectivity index (χ3n) is 11.6. The number of hydrogen-bond acceptors (Lipinski definition) is 10. The maximum absolute atomic E-state index is 14.7. The Morgan fingerprint density at radius 1 is 0.578 bits per heavy atom. The number of aromatic nitrogens is 2. The van der Waals surface area contributed by atoms with Crippen molar-refractivity contribution in [2.24, 2.45) is 0 Å². The molecule has 2 atom stereocenters. The van der Waals surface area contributed by atoms with Gasteiger partial charge in [0.25, 0.3) is 11.8 Å². The minimum absolute atomic E-state index is 0.0172. The maximum Gasteiger partial charge on any atom is 0.278 e. The number of carbonyl (C=O) groups is 2. The Morgan fingerprint density at radius 3 is 1.75 bits per heavy atom. The highest BCUT2D eigenvalue weighted by Crippen LogP contribution is 2.42. The predicted molar refractivity (Wildman–Crippen MR) is 240 cm³/mol. The smallest absolute Gasteiger partial charge is 0.278 e. The third kappa shape index (κ3) is 7.29. The van der Waals surface area contributed by atoms with Gasteiger partial charge in [0.1, 0.15) is 55.9 Å². The molecular weight excluding hydrogens is 859 g/mol. The fourth-order valence-corrected chi connectivity index (χ4v) is 8.94. The van der Waals surface area contributed by atoms with Crippen LogP contribution in [0.15, 0.2) is 149 Å². The number of carbonyl (C=O) groups excluding carboxylic acids is 2. The van der Waals surface area contributed by atoms with Gasteiger partial charge in [0.15, 0.2) is 17.1 Å². The average Bonchev–Trinajstić information content (AvgIpc) is 3.34. The maximum atomic E-state index is 14.7. The lowest BCUT2D eigenvalue weighted by Gasteiger charge is -2.44. The van der Waals surface area contributed by atoms with E-state index in [2.05, 4.69) is 0 Å². The monoisotopic (exact) mass is 896 g/mol. The van der Waals surface area contributed by atoms with E-state index in [-0.39, 0.29) is 62.5 Å². The van der Waals surface area contributed by atoms with Gasteiger partial charge in [0.2, 0.25) is 16.6 Å². The molecule has 0 unspecified atom stereocenters. The fraction of sp³-hybridized carbons (Fsp3) is 0.167. The second kappa shape index (κ2) is 16.7. The Morgan fingerprint density at radius 2 is 1.12 bits per heavy atom. The van der Waals surface area contributed by atoms with Crippen LogP contribution in [0.2, 0.25) is 10.0 Å². The van der Waals surface area contributed by atoms with E-state index < -0.39 is 40.5 Å². The summed E-state index contributed by atoms with van der Waals surface area (Å²) in [6.07, 6.45) is 10.3. The van der Waals surface area contributed by atoms with Gasteiger partial charge in [-0.15, -0.1) is 0 Å². The molecule has 2 amide bonds. The number of halogens is 2. The van der Waals surface area contributed by atoms with Crippen molar-refractivity contribution in [3.8, 4) is 28.7 Å². The van der Waals surface area contributed by atoms with E-state index in [1.165, 1.54) is 27.9 Å². The van der Waals surface area contributed by atoms with Crippen LogP contribution < -0.4 is 35.1 Å². The zero-order valence-corrected chi connectivity index (χ0v) is 35.4. The summed E-state index contributed by atoms with van der Waals surface area (Å²) in [5.74, 6) is -0.576. The summed E-state index contributed by atoms with van der Waals surface area (Å²) in [5, 5.41) is 15.8. The van der Waals surface area contributed by atoms with Gasteiger partial charge in [-0.3, -0.25) is 38.5 Å². The molecule has 1 N–H and O–H groups in total. The van der Waals surface area contributed by atoms with E-state index in [9.17, 15) is 24.3 Å². The molecule has 0 saturated carbocycles. The summed E-state index contributed by atoms with van der Waals surface area (Å²) in [6.45, 7) is 0.963. The fourth-order valence-electron chi connectivity index (χ4n) is 8.61. The van der Waals surface area contributed by atoms with E-state index in [0.717, 1.165) is 11.1 Å². The highest BCUT2D eigenvalue weighted by atomic mass is 35.5. The van der Waals surface area contributed by atoms with Gasteiger partial charge in [-0.05, 0) is 59.7 Å². The van der Waals surface area contributed by atoms with Gasteiger partial charge in [-0.2, -0.15) is 0 Å². The van der Waals surface area contributed by atoms with Gasteiger partial charge in [0, 0.05) is 58.8 Å². The van der Waals surface area contributed by atoms with Crippen LogP contribution in [-0.4, -0.2) is 75.7 Å². The van der Waals surface area contributed by atoms with Gasteiger partial charge in [-0.25, -0.2) is 0 Å². The first kappa shape index (κ1) is 40.6. The second-order valence-corrected chi connectivity index (χ2v) is 16.3. The summed E-state index contributed by atoms with van der Waals surface area (Å²) in [4.78, 5) is 58.6. The number of nitrogens with zero attached hydrogens (tertiary/aromatic N) is 6. The van der Waals surface area contributed by atoms with Crippen LogP contribution in [0.25, 0.3) is 0 Å². The van der Waals surface area contributed by atoms with Crippen LogP contribution in [0.3, 0.4) is 0 Å². The Balaban J connectivity index is 1.12. The van der Waals surface area contributed by atoms with Crippen molar-refractivity contribution in [3.63, 3.8) is 0 Å². The molecule has 64 heavy (non-hydrogen) atoms. The lowest BCUT2D eigenvalue weighted by molar-refractivity contribution is 0.0694. The molecule has 2 aromatic heterocycles. The SMILES string of the molecule is O=C1c2c(O)c(=O)ccn2N2CN1C/C=C\COc1cc(Cl)ccc1[C@H]2c1cccc(Oc2c3n(ccc2=O)N2CN(C/C=C\COc4cc(Cl)ccc4[C@@H]2c2ccccc2)C3=O)c1. The number of amides is 2. The van der Waals surface area contributed by atoms with Crippen LogP contribution in [0, 0.1) is 0 Å². The van der Waals surface area contributed by atoms with Crippen LogP contribution in [0.4, 0.5) is 0 Å². The summed E-state index contributed by atoms with van der Waals surface area (Å²) in [6, 6.07) is 28.8. The molecule has 14 nitrogen and oxygen atoms in total. The molecule has 4 aliphatic rings. The van der Waals surface area contributed by atoms with E-state index in [0.29, 0.717) is 32.7 Å². The molecule has 4 bridgehead atoms. The lowest BCUT2D eigenvalue weighted by atomic mass is 9.96. The lowest BCUT2D eigenvalue weighted by Crippen LogP contribution is -2.55. The zero-order chi connectivity index (χ0) is 44.1. The predicted octanol–water partition coefficient (Wildman–Crippen LogP) is 6.99.